The van der Waals surface area contributed by atoms with E-state index in [9.17, 15) is 0 Å². The van der Waals surface area contributed by atoms with Crippen LogP contribution >= 0.6 is 0 Å². The summed E-state index contributed by atoms with van der Waals surface area (Å²) < 4.78 is 0. The third kappa shape index (κ3) is 3.28. The molecule has 0 bridgehead atoms. The molecule has 0 heterocycles. The fraction of sp³-hybridized carbons (Fsp3) is 1.00. The van der Waals surface area contributed by atoms with Crippen molar-refractivity contribution < 1.29 is 0 Å². The molecule has 1 aliphatic rings. The predicted molar refractivity (Wildman–Crippen MR) is 57.7 cm³/mol. The van der Waals surface area contributed by atoms with Gasteiger partial charge in [0.1, 0.15) is 0 Å². The first kappa shape index (κ1) is 11.0. The number of likely N-dealkylation sites (N-methyl/N-ethyl adjacent to an activating group) is 1. The third-order valence-electron chi connectivity index (χ3n) is 3.26. The van der Waals surface area contributed by atoms with E-state index in [-0.39, 0.29) is 0 Å². The molecule has 0 aromatic carbocycles. The lowest BCUT2D eigenvalue weighted by Gasteiger charge is -2.37. The molecule has 0 saturated heterocycles. The molecule has 0 amide bonds. The smallest absolute Gasteiger partial charge is 0.0104 e. The maximum atomic E-state index is 5.56. The van der Waals surface area contributed by atoms with Crippen molar-refractivity contribution in [2.24, 2.45) is 17.6 Å². The molecule has 0 radical (unpaired) electrons. The normalized spacial score (nSPS) is 35.3. The lowest BCUT2D eigenvalue weighted by molar-refractivity contribution is 0.136. The van der Waals surface area contributed by atoms with Gasteiger partial charge in [0.2, 0.25) is 0 Å². The lowest BCUT2D eigenvalue weighted by atomic mass is 9.80. The van der Waals surface area contributed by atoms with Gasteiger partial charge in [0.15, 0.2) is 0 Å². The van der Waals surface area contributed by atoms with Gasteiger partial charge < -0.3 is 10.6 Å². The van der Waals surface area contributed by atoms with Crippen molar-refractivity contribution in [3.8, 4) is 0 Å². The van der Waals surface area contributed by atoms with Gasteiger partial charge in [-0.15, -0.1) is 0 Å². The van der Waals surface area contributed by atoms with Crippen LogP contribution in [0.3, 0.4) is 0 Å². The summed E-state index contributed by atoms with van der Waals surface area (Å²) in [5.74, 6) is 1.79. The Hall–Kier alpha value is -0.0800. The van der Waals surface area contributed by atoms with Crippen molar-refractivity contribution in [3.63, 3.8) is 0 Å². The van der Waals surface area contributed by atoms with Crippen LogP contribution < -0.4 is 5.73 Å². The van der Waals surface area contributed by atoms with Gasteiger partial charge in [-0.3, -0.25) is 0 Å². The summed E-state index contributed by atoms with van der Waals surface area (Å²) in [4.78, 5) is 2.44. The molecule has 78 valence electrons. The lowest BCUT2D eigenvalue weighted by Crippen LogP contribution is -2.40. The molecule has 0 spiro atoms. The van der Waals surface area contributed by atoms with Crippen LogP contribution in [-0.2, 0) is 0 Å². The average molecular weight is 184 g/mol. The van der Waals surface area contributed by atoms with Gasteiger partial charge in [-0.2, -0.15) is 0 Å². The SMILES string of the molecule is CC1CC(C)CC(N(C)CCN)C1. The van der Waals surface area contributed by atoms with Crippen molar-refractivity contribution in [1.82, 2.24) is 4.90 Å². The molecule has 1 saturated carbocycles. The highest BCUT2D eigenvalue weighted by atomic mass is 15.1. The molecule has 1 fully saturated rings. The predicted octanol–water partition coefficient (Wildman–Crippen LogP) is 1.70. The molecule has 2 N–H and O–H groups in total. The molecular weight excluding hydrogens is 160 g/mol. The maximum Gasteiger partial charge on any atom is 0.0104 e. The zero-order valence-corrected chi connectivity index (χ0v) is 9.29. The minimum Gasteiger partial charge on any atom is -0.329 e. The Kier molecular flexibility index (Phi) is 4.20. The van der Waals surface area contributed by atoms with Crippen molar-refractivity contribution in [2.75, 3.05) is 20.1 Å². The van der Waals surface area contributed by atoms with Crippen molar-refractivity contribution >= 4 is 0 Å². The van der Waals surface area contributed by atoms with Gasteiger partial charge in [-0.25, -0.2) is 0 Å². The fourth-order valence-corrected chi connectivity index (χ4v) is 2.65. The van der Waals surface area contributed by atoms with Gasteiger partial charge in [-0.05, 0) is 38.1 Å². The number of rotatable bonds is 3. The van der Waals surface area contributed by atoms with E-state index in [0.717, 1.165) is 31.0 Å². The van der Waals surface area contributed by atoms with Crippen LogP contribution in [0.25, 0.3) is 0 Å². The summed E-state index contributed by atoms with van der Waals surface area (Å²) in [6.07, 6.45) is 4.13. The zero-order valence-electron chi connectivity index (χ0n) is 9.29. The van der Waals surface area contributed by atoms with E-state index in [2.05, 4.69) is 25.8 Å². The minimum absolute atomic E-state index is 0.780. The molecule has 2 atom stereocenters. The van der Waals surface area contributed by atoms with E-state index in [1.807, 2.05) is 0 Å². The van der Waals surface area contributed by atoms with E-state index in [1.165, 1.54) is 19.3 Å². The van der Waals surface area contributed by atoms with E-state index in [1.54, 1.807) is 0 Å². The van der Waals surface area contributed by atoms with Crippen molar-refractivity contribution in [1.29, 1.82) is 0 Å². The summed E-state index contributed by atoms with van der Waals surface area (Å²) in [5, 5.41) is 0. The van der Waals surface area contributed by atoms with Crippen LogP contribution in [0.2, 0.25) is 0 Å². The Bertz CT molecular complexity index is 137. The number of hydrogen-bond donors (Lipinski definition) is 1. The van der Waals surface area contributed by atoms with E-state index in [0.29, 0.717) is 0 Å². The molecule has 1 aliphatic carbocycles. The molecule has 0 aromatic heterocycles. The van der Waals surface area contributed by atoms with Crippen molar-refractivity contribution in [3.05, 3.63) is 0 Å². The Morgan fingerprint density at radius 2 is 1.69 bits per heavy atom. The third-order valence-corrected chi connectivity index (χ3v) is 3.26. The quantitative estimate of drug-likeness (QED) is 0.723. The first-order valence-electron chi connectivity index (χ1n) is 5.53. The topological polar surface area (TPSA) is 29.3 Å². The summed E-state index contributed by atoms with van der Waals surface area (Å²) >= 11 is 0. The number of hydrogen-bond acceptors (Lipinski definition) is 2. The largest absolute Gasteiger partial charge is 0.329 e. The molecule has 0 aromatic rings. The average Bonchev–Trinajstić information content (AvgIpc) is 2.03. The maximum absolute atomic E-state index is 5.56. The van der Waals surface area contributed by atoms with Crippen LogP contribution in [-0.4, -0.2) is 31.1 Å². The van der Waals surface area contributed by atoms with Gasteiger partial charge in [0.25, 0.3) is 0 Å². The Labute approximate surface area is 82.5 Å². The summed E-state index contributed by atoms with van der Waals surface area (Å²) in [7, 11) is 2.21. The first-order chi connectivity index (χ1) is 6.13. The van der Waals surface area contributed by atoms with Crippen LogP contribution in [0.1, 0.15) is 33.1 Å². The minimum atomic E-state index is 0.780. The van der Waals surface area contributed by atoms with E-state index >= 15 is 0 Å². The van der Waals surface area contributed by atoms with Crippen molar-refractivity contribution in [2.45, 2.75) is 39.2 Å². The summed E-state index contributed by atoms with van der Waals surface area (Å²) in [5.41, 5.74) is 5.56. The van der Waals surface area contributed by atoms with E-state index in [4.69, 9.17) is 5.73 Å². The monoisotopic (exact) mass is 184 g/mol. The highest BCUT2D eigenvalue weighted by Crippen LogP contribution is 2.30. The Morgan fingerprint density at radius 1 is 1.15 bits per heavy atom. The van der Waals surface area contributed by atoms with Crippen LogP contribution in [0, 0.1) is 11.8 Å². The van der Waals surface area contributed by atoms with Gasteiger partial charge in [-0.1, -0.05) is 13.8 Å². The first-order valence-corrected chi connectivity index (χ1v) is 5.53. The van der Waals surface area contributed by atoms with Gasteiger partial charge >= 0.3 is 0 Å². The summed E-state index contributed by atoms with van der Waals surface area (Å²) in [6, 6.07) is 0.780. The second-order valence-electron chi connectivity index (χ2n) is 4.84. The second-order valence-corrected chi connectivity index (χ2v) is 4.84. The van der Waals surface area contributed by atoms with Crippen LogP contribution in [0.4, 0.5) is 0 Å². The molecular formula is C11H24N2. The zero-order chi connectivity index (χ0) is 9.84. The fourth-order valence-electron chi connectivity index (χ4n) is 2.65. The van der Waals surface area contributed by atoms with Crippen LogP contribution in [0.5, 0.6) is 0 Å². The Morgan fingerprint density at radius 3 is 2.15 bits per heavy atom. The summed E-state index contributed by atoms with van der Waals surface area (Å²) in [6.45, 7) is 6.58. The standard InChI is InChI=1S/C11H24N2/c1-9-6-10(2)8-11(7-9)13(3)5-4-12/h9-11H,4-8,12H2,1-3H3. The molecule has 2 heteroatoms. The van der Waals surface area contributed by atoms with Crippen LogP contribution in [0.15, 0.2) is 0 Å². The Balaban J connectivity index is 2.40. The second kappa shape index (κ2) is 4.97. The highest BCUT2D eigenvalue weighted by molar-refractivity contribution is 4.80. The number of nitrogens with two attached hydrogens (primary N) is 1. The molecule has 1 rings (SSSR count). The molecule has 2 unspecified atom stereocenters. The molecule has 2 nitrogen and oxygen atoms in total. The van der Waals surface area contributed by atoms with Gasteiger partial charge in [0.05, 0.1) is 0 Å². The molecule has 13 heavy (non-hydrogen) atoms. The van der Waals surface area contributed by atoms with Gasteiger partial charge in [0, 0.05) is 19.1 Å². The molecule has 0 aliphatic heterocycles. The van der Waals surface area contributed by atoms with E-state index < -0.39 is 0 Å². The highest BCUT2D eigenvalue weighted by Gasteiger charge is 2.25. The number of nitrogens with zero attached hydrogens (tertiary/aromatic N) is 1.